The third kappa shape index (κ3) is 2.16. The first-order valence-electron chi connectivity index (χ1n) is 7.67. The van der Waals surface area contributed by atoms with Crippen LogP contribution in [-0.4, -0.2) is 38.2 Å². The predicted octanol–water partition coefficient (Wildman–Crippen LogP) is 1.59. The summed E-state index contributed by atoms with van der Waals surface area (Å²) in [6.45, 7) is 5.04. The third-order valence-electron chi connectivity index (χ3n) is 4.89. The van der Waals surface area contributed by atoms with E-state index in [0.29, 0.717) is 11.9 Å². The minimum absolute atomic E-state index is 0.0152. The van der Waals surface area contributed by atoms with Crippen molar-refractivity contribution in [2.75, 3.05) is 31.6 Å². The minimum Gasteiger partial charge on any atom is -0.495 e. The molecular weight excluding hydrogens is 264 g/mol. The molecule has 1 aromatic carbocycles. The van der Waals surface area contributed by atoms with Gasteiger partial charge in [0.25, 0.3) is 0 Å². The highest BCUT2D eigenvalue weighted by Crippen LogP contribution is 2.42. The van der Waals surface area contributed by atoms with E-state index in [2.05, 4.69) is 28.2 Å². The molecule has 1 spiro atoms. The van der Waals surface area contributed by atoms with Gasteiger partial charge in [0.05, 0.1) is 24.9 Å². The van der Waals surface area contributed by atoms with Crippen LogP contribution in [0.3, 0.4) is 0 Å². The van der Waals surface area contributed by atoms with Gasteiger partial charge in [-0.15, -0.1) is 0 Å². The number of rotatable bonds is 3. The van der Waals surface area contributed by atoms with Crippen LogP contribution in [0.2, 0.25) is 0 Å². The SMILES string of the molecule is CCC1CNCCC12CN=C(N)N2c1ccccc1OC. The molecule has 21 heavy (non-hydrogen) atoms. The Morgan fingerprint density at radius 1 is 1.48 bits per heavy atom. The molecule has 2 heterocycles. The maximum atomic E-state index is 6.26. The van der Waals surface area contributed by atoms with E-state index in [9.17, 15) is 0 Å². The normalized spacial score (nSPS) is 28.8. The highest BCUT2D eigenvalue weighted by molar-refractivity contribution is 5.99. The maximum absolute atomic E-state index is 6.26. The number of piperidine rings is 1. The molecule has 3 rings (SSSR count). The van der Waals surface area contributed by atoms with Gasteiger partial charge in [-0.3, -0.25) is 4.99 Å². The molecule has 1 saturated heterocycles. The van der Waals surface area contributed by atoms with Crippen LogP contribution in [0.5, 0.6) is 5.75 Å². The van der Waals surface area contributed by atoms with Crippen molar-refractivity contribution < 1.29 is 4.74 Å². The Balaban J connectivity index is 2.06. The van der Waals surface area contributed by atoms with Crippen molar-refractivity contribution in [2.45, 2.75) is 25.3 Å². The molecule has 1 aromatic rings. The molecule has 0 aromatic heterocycles. The molecule has 0 radical (unpaired) electrons. The van der Waals surface area contributed by atoms with E-state index in [-0.39, 0.29) is 5.54 Å². The van der Waals surface area contributed by atoms with Crippen LogP contribution in [0.25, 0.3) is 0 Å². The fraction of sp³-hybridized carbons (Fsp3) is 0.562. The van der Waals surface area contributed by atoms with Crippen molar-refractivity contribution in [1.82, 2.24) is 5.32 Å². The van der Waals surface area contributed by atoms with Gasteiger partial charge in [-0.25, -0.2) is 0 Å². The average Bonchev–Trinajstić information content (AvgIpc) is 2.85. The lowest BCUT2D eigenvalue weighted by atomic mass is 9.76. The zero-order valence-corrected chi connectivity index (χ0v) is 12.8. The van der Waals surface area contributed by atoms with E-state index >= 15 is 0 Å². The van der Waals surface area contributed by atoms with Crippen LogP contribution in [-0.2, 0) is 0 Å². The summed E-state index contributed by atoms with van der Waals surface area (Å²) in [6.07, 6.45) is 2.16. The Hall–Kier alpha value is -1.75. The number of benzene rings is 1. The first kappa shape index (κ1) is 14.2. The van der Waals surface area contributed by atoms with Crippen LogP contribution in [0.15, 0.2) is 29.3 Å². The number of para-hydroxylation sites is 2. The molecule has 0 saturated carbocycles. The van der Waals surface area contributed by atoms with Gasteiger partial charge >= 0.3 is 0 Å². The zero-order chi connectivity index (χ0) is 14.9. The summed E-state index contributed by atoms with van der Waals surface area (Å²) in [5, 5.41) is 3.50. The molecule has 114 valence electrons. The monoisotopic (exact) mass is 288 g/mol. The van der Waals surface area contributed by atoms with Gasteiger partial charge < -0.3 is 20.7 Å². The molecule has 2 aliphatic rings. The van der Waals surface area contributed by atoms with Gasteiger partial charge in [-0.1, -0.05) is 19.1 Å². The van der Waals surface area contributed by atoms with Gasteiger partial charge in [0.15, 0.2) is 5.96 Å². The Kier molecular flexibility index (Phi) is 3.76. The second kappa shape index (κ2) is 5.56. The number of nitrogens with one attached hydrogen (secondary N) is 1. The first-order valence-corrected chi connectivity index (χ1v) is 7.67. The summed E-state index contributed by atoms with van der Waals surface area (Å²) in [4.78, 5) is 6.80. The van der Waals surface area contributed by atoms with E-state index in [1.54, 1.807) is 7.11 Å². The van der Waals surface area contributed by atoms with E-state index in [0.717, 1.165) is 43.9 Å². The smallest absolute Gasteiger partial charge is 0.196 e. The highest BCUT2D eigenvalue weighted by atomic mass is 16.5. The zero-order valence-electron chi connectivity index (χ0n) is 12.8. The number of nitrogens with two attached hydrogens (primary N) is 1. The Morgan fingerprint density at radius 3 is 3.05 bits per heavy atom. The standard InChI is InChI=1S/C16H24N4O/c1-3-12-10-18-9-8-16(12)11-19-15(17)20(16)13-6-4-5-7-14(13)21-2/h4-7,12,18H,3,8-11H2,1-2H3,(H2,17,19). The van der Waals surface area contributed by atoms with E-state index < -0.39 is 0 Å². The molecular formula is C16H24N4O. The van der Waals surface area contributed by atoms with E-state index in [4.69, 9.17) is 10.5 Å². The number of aliphatic imine (C=N–C) groups is 1. The highest BCUT2D eigenvalue weighted by Gasteiger charge is 2.49. The molecule has 0 aliphatic carbocycles. The number of hydrogen-bond acceptors (Lipinski definition) is 5. The number of nitrogens with zero attached hydrogens (tertiary/aromatic N) is 2. The molecule has 5 nitrogen and oxygen atoms in total. The number of ether oxygens (including phenoxy) is 1. The lowest BCUT2D eigenvalue weighted by Crippen LogP contribution is -2.62. The van der Waals surface area contributed by atoms with Gasteiger partial charge in [0, 0.05) is 6.54 Å². The maximum Gasteiger partial charge on any atom is 0.196 e. The van der Waals surface area contributed by atoms with Crippen LogP contribution in [0, 0.1) is 5.92 Å². The summed E-state index contributed by atoms with van der Waals surface area (Å²) in [5.74, 6) is 1.99. The number of guanidine groups is 1. The summed E-state index contributed by atoms with van der Waals surface area (Å²) >= 11 is 0. The van der Waals surface area contributed by atoms with Crippen LogP contribution in [0.4, 0.5) is 5.69 Å². The summed E-state index contributed by atoms with van der Waals surface area (Å²) in [5.41, 5.74) is 7.27. The van der Waals surface area contributed by atoms with Crippen LogP contribution < -0.4 is 20.7 Å². The number of anilines is 1. The van der Waals surface area contributed by atoms with Gasteiger partial charge in [0.2, 0.25) is 0 Å². The van der Waals surface area contributed by atoms with Gasteiger partial charge in [-0.2, -0.15) is 0 Å². The van der Waals surface area contributed by atoms with Gasteiger partial charge in [0.1, 0.15) is 5.75 Å². The lowest BCUT2D eigenvalue weighted by Gasteiger charge is -2.48. The molecule has 2 unspecified atom stereocenters. The Morgan fingerprint density at radius 2 is 2.29 bits per heavy atom. The molecule has 2 aliphatic heterocycles. The molecule has 2 atom stereocenters. The molecule has 5 heteroatoms. The fourth-order valence-electron chi connectivity index (χ4n) is 3.77. The third-order valence-corrected chi connectivity index (χ3v) is 4.89. The topological polar surface area (TPSA) is 62.9 Å². The second-order valence-corrected chi connectivity index (χ2v) is 5.84. The summed E-state index contributed by atoms with van der Waals surface area (Å²) in [7, 11) is 1.70. The number of methoxy groups -OCH3 is 1. The molecule has 1 fully saturated rings. The molecule has 0 amide bonds. The van der Waals surface area contributed by atoms with Crippen molar-refractivity contribution in [3.8, 4) is 5.75 Å². The van der Waals surface area contributed by atoms with Crippen molar-refractivity contribution in [1.29, 1.82) is 0 Å². The number of hydrogen-bond donors (Lipinski definition) is 2. The first-order chi connectivity index (χ1) is 10.2. The van der Waals surface area contributed by atoms with E-state index in [1.165, 1.54) is 0 Å². The quantitative estimate of drug-likeness (QED) is 0.886. The van der Waals surface area contributed by atoms with Crippen molar-refractivity contribution in [2.24, 2.45) is 16.6 Å². The minimum atomic E-state index is -0.0152. The lowest BCUT2D eigenvalue weighted by molar-refractivity contribution is 0.216. The van der Waals surface area contributed by atoms with Gasteiger partial charge in [-0.05, 0) is 37.4 Å². The van der Waals surface area contributed by atoms with Crippen LogP contribution >= 0.6 is 0 Å². The van der Waals surface area contributed by atoms with Crippen molar-refractivity contribution >= 4 is 11.6 Å². The largest absolute Gasteiger partial charge is 0.495 e. The van der Waals surface area contributed by atoms with E-state index in [1.807, 2.05) is 18.2 Å². The Labute approximate surface area is 126 Å². The average molecular weight is 288 g/mol. The van der Waals surface area contributed by atoms with Crippen LogP contribution in [0.1, 0.15) is 19.8 Å². The summed E-state index contributed by atoms with van der Waals surface area (Å²) in [6, 6.07) is 8.07. The predicted molar refractivity (Wildman–Crippen MR) is 86.0 cm³/mol. The second-order valence-electron chi connectivity index (χ2n) is 5.84. The van der Waals surface area contributed by atoms with Crippen molar-refractivity contribution in [3.63, 3.8) is 0 Å². The molecule has 3 N–H and O–H groups in total. The summed E-state index contributed by atoms with van der Waals surface area (Å²) < 4.78 is 5.54. The fourth-order valence-corrected chi connectivity index (χ4v) is 3.77. The Bertz CT molecular complexity index is 545. The molecule has 0 bridgehead atoms. The van der Waals surface area contributed by atoms with Crippen molar-refractivity contribution in [3.05, 3.63) is 24.3 Å².